The Morgan fingerprint density at radius 1 is 1.12 bits per heavy atom. The number of rotatable bonds is 6. The Morgan fingerprint density at radius 2 is 1.76 bits per heavy atom. The zero-order valence-corrected chi connectivity index (χ0v) is 23.3. The van der Waals surface area contributed by atoms with Crippen molar-refractivity contribution in [3.8, 4) is 5.75 Å². The maximum atomic E-state index is 14.0. The number of nitrogens with two attached hydrogens (primary N) is 2. The molecule has 2 saturated carbocycles. The Labute approximate surface area is 236 Å². The first-order chi connectivity index (χ1) is 19.1. The van der Waals surface area contributed by atoms with Crippen molar-refractivity contribution < 1.29 is 39.6 Å². The van der Waals surface area contributed by atoms with Gasteiger partial charge in [0.2, 0.25) is 11.7 Å². The third kappa shape index (κ3) is 4.02. The van der Waals surface area contributed by atoms with Gasteiger partial charge in [0.25, 0.3) is 5.91 Å². The van der Waals surface area contributed by atoms with Gasteiger partial charge in [0.05, 0.1) is 17.1 Å². The summed E-state index contributed by atoms with van der Waals surface area (Å²) in [5, 5.41) is 48.3. The summed E-state index contributed by atoms with van der Waals surface area (Å²) in [6.45, 7) is -0.0954. The fourth-order valence-electron chi connectivity index (χ4n) is 6.59. The molecule has 220 valence electrons. The van der Waals surface area contributed by atoms with E-state index >= 15 is 0 Å². The lowest BCUT2D eigenvalue weighted by Crippen LogP contribution is -2.65. The number of carbonyl (C=O) groups is 4. The summed E-state index contributed by atoms with van der Waals surface area (Å²) in [5.74, 6) is -7.48. The molecule has 13 nitrogen and oxygen atoms in total. The summed E-state index contributed by atoms with van der Waals surface area (Å²) in [4.78, 5) is 55.1. The smallest absolute Gasteiger partial charge is 0.255 e. The second-order valence-electron chi connectivity index (χ2n) is 12.0. The van der Waals surface area contributed by atoms with Crippen molar-refractivity contribution in [2.24, 2.45) is 23.3 Å². The molecule has 5 rings (SSSR count). The van der Waals surface area contributed by atoms with Gasteiger partial charge in [-0.3, -0.25) is 24.1 Å². The molecule has 0 saturated heterocycles. The number of amides is 2. The van der Waals surface area contributed by atoms with Crippen LogP contribution in [-0.2, 0) is 32.1 Å². The number of carbonyl (C=O) groups excluding carboxylic acids is 4. The van der Waals surface area contributed by atoms with Crippen LogP contribution in [0, 0.1) is 11.8 Å². The van der Waals surface area contributed by atoms with Crippen molar-refractivity contribution in [3.63, 3.8) is 0 Å². The molecule has 0 aliphatic heterocycles. The normalized spacial score (nSPS) is 28.2. The van der Waals surface area contributed by atoms with E-state index in [0.717, 1.165) is 0 Å². The highest BCUT2D eigenvalue weighted by Gasteiger charge is 2.64. The number of aliphatic hydroxyl groups excluding tert-OH is 2. The van der Waals surface area contributed by atoms with E-state index < -0.39 is 63.6 Å². The standard InChI is InChI=1S/C28H35N5O8/c1-32(2)15-9-12(10-31-26(40)27(30)5-6-27)20(34)17-13(15)7-11-8-14-19(33(3)4)22(36)18(25(29)39)24(38)28(14,41)23(37)16(11)21(17)35/h9,11,14,19,34-35,38,41H,5-8,10,30H2,1-4H3,(H2,29,39)(H,31,40)/t11-,14-,19-,28-/m0/s1. The molecule has 0 heterocycles. The van der Waals surface area contributed by atoms with Gasteiger partial charge in [-0.15, -0.1) is 0 Å². The second kappa shape index (κ2) is 9.29. The summed E-state index contributed by atoms with van der Waals surface area (Å²) < 4.78 is 0. The number of phenolic OH excluding ortho intramolecular Hbond substituents is 1. The van der Waals surface area contributed by atoms with E-state index in [9.17, 15) is 39.6 Å². The van der Waals surface area contributed by atoms with Crippen molar-refractivity contribution in [3.05, 3.63) is 39.7 Å². The first kappa shape index (κ1) is 28.6. The minimum absolute atomic E-state index is 0.00418. The number of aliphatic hydroxyl groups is 3. The van der Waals surface area contributed by atoms with Crippen LogP contribution in [0.4, 0.5) is 5.69 Å². The topological polar surface area (TPSA) is 220 Å². The molecule has 0 spiro atoms. The zero-order valence-electron chi connectivity index (χ0n) is 23.3. The molecule has 2 amide bonds. The molecular formula is C28H35N5O8. The van der Waals surface area contributed by atoms with Crippen LogP contribution in [0.3, 0.4) is 0 Å². The number of nitrogens with one attached hydrogen (secondary N) is 1. The van der Waals surface area contributed by atoms with Gasteiger partial charge >= 0.3 is 0 Å². The average molecular weight is 570 g/mol. The van der Waals surface area contributed by atoms with Crippen LogP contribution in [0.25, 0.3) is 5.76 Å². The van der Waals surface area contributed by atoms with Crippen LogP contribution < -0.4 is 21.7 Å². The minimum Gasteiger partial charge on any atom is -0.508 e. The van der Waals surface area contributed by atoms with Crippen LogP contribution in [0.1, 0.15) is 36.0 Å². The predicted molar refractivity (Wildman–Crippen MR) is 147 cm³/mol. The van der Waals surface area contributed by atoms with Gasteiger partial charge < -0.3 is 42.1 Å². The van der Waals surface area contributed by atoms with Gasteiger partial charge in [-0.2, -0.15) is 0 Å². The van der Waals surface area contributed by atoms with Gasteiger partial charge in [0, 0.05) is 43.4 Å². The van der Waals surface area contributed by atoms with Gasteiger partial charge in [-0.25, -0.2) is 0 Å². The molecule has 4 aliphatic rings. The number of anilines is 1. The molecule has 2 fully saturated rings. The maximum Gasteiger partial charge on any atom is 0.255 e. The number of likely N-dealkylation sites (N-methyl/N-ethyl adjacent to an activating group) is 1. The van der Waals surface area contributed by atoms with E-state index in [0.29, 0.717) is 24.1 Å². The Balaban J connectivity index is 1.66. The quantitative estimate of drug-likeness (QED) is 0.209. The molecule has 0 bridgehead atoms. The first-order valence-electron chi connectivity index (χ1n) is 13.3. The number of hydrogen-bond acceptors (Lipinski definition) is 11. The van der Waals surface area contributed by atoms with Crippen molar-refractivity contribution >= 4 is 34.8 Å². The lowest BCUT2D eigenvalue weighted by atomic mass is 9.57. The molecule has 13 heteroatoms. The summed E-state index contributed by atoms with van der Waals surface area (Å²) in [6.07, 6.45) is 1.26. The molecule has 0 radical (unpaired) electrons. The Kier molecular flexibility index (Phi) is 6.48. The number of phenols is 1. The summed E-state index contributed by atoms with van der Waals surface area (Å²) in [7, 11) is 6.63. The highest BCUT2D eigenvalue weighted by atomic mass is 16.3. The molecule has 0 aromatic heterocycles. The molecular weight excluding hydrogens is 534 g/mol. The lowest BCUT2D eigenvalue weighted by Gasteiger charge is -2.50. The second-order valence-corrected chi connectivity index (χ2v) is 12.0. The predicted octanol–water partition coefficient (Wildman–Crippen LogP) is -0.862. The molecule has 0 unspecified atom stereocenters. The Bertz CT molecular complexity index is 1470. The zero-order chi connectivity index (χ0) is 30.3. The number of ketones is 2. The van der Waals surface area contributed by atoms with Crippen LogP contribution in [0.15, 0.2) is 23.0 Å². The minimum atomic E-state index is -2.71. The highest BCUT2D eigenvalue weighted by molar-refractivity contribution is 6.24. The van der Waals surface area contributed by atoms with E-state index in [1.807, 2.05) is 0 Å². The third-order valence-electron chi connectivity index (χ3n) is 8.94. The largest absolute Gasteiger partial charge is 0.508 e. The van der Waals surface area contributed by atoms with E-state index in [-0.39, 0.29) is 47.7 Å². The van der Waals surface area contributed by atoms with Gasteiger partial charge in [-0.1, -0.05) is 0 Å². The summed E-state index contributed by atoms with van der Waals surface area (Å²) in [6, 6.07) is 0.530. The molecule has 4 aliphatic carbocycles. The molecule has 41 heavy (non-hydrogen) atoms. The van der Waals surface area contributed by atoms with Crippen LogP contribution in [0.2, 0.25) is 0 Å². The number of aromatic hydroxyl groups is 1. The molecule has 4 atom stereocenters. The summed E-state index contributed by atoms with van der Waals surface area (Å²) >= 11 is 0. The van der Waals surface area contributed by atoms with E-state index in [4.69, 9.17) is 11.5 Å². The lowest BCUT2D eigenvalue weighted by molar-refractivity contribution is -0.153. The maximum absolute atomic E-state index is 14.0. The Hall–Kier alpha value is -3.94. The monoisotopic (exact) mass is 569 g/mol. The fourth-order valence-corrected chi connectivity index (χ4v) is 6.59. The van der Waals surface area contributed by atoms with Crippen LogP contribution >= 0.6 is 0 Å². The van der Waals surface area contributed by atoms with E-state index in [1.54, 1.807) is 39.2 Å². The van der Waals surface area contributed by atoms with Gasteiger partial charge in [-0.05, 0) is 57.3 Å². The van der Waals surface area contributed by atoms with Gasteiger partial charge in [0.15, 0.2) is 11.4 Å². The SMILES string of the molecule is CN(C)c1cc(CNC(=O)C2(N)CC2)c(O)c2c1C[C@H]1C[C@H]3[C@H](N(C)C)C(=O)C(C(N)=O)=C(O)[C@@]3(O)C(=O)C1=C2O. The van der Waals surface area contributed by atoms with Crippen molar-refractivity contribution in [2.75, 3.05) is 33.1 Å². The molecule has 1 aromatic carbocycles. The fraction of sp³-hybridized carbons (Fsp3) is 0.500. The number of nitrogens with zero attached hydrogens (tertiary/aromatic N) is 2. The van der Waals surface area contributed by atoms with E-state index in [2.05, 4.69) is 5.32 Å². The molecule has 1 aromatic rings. The van der Waals surface area contributed by atoms with Crippen molar-refractivity contribution in [1.29, 1.82) is 0 Å². The number of benzene rings is 1. The van der Waals surface area contributed by atoms with Gasteiger partial charge in [0.1, 0.15) is 22.8 Å². The molecule has 9 N–H and O–H groups in total. The van der Waals surface area contributed by atoms with Crippen molar-refractivity contribution in [1.82, 2.24) is 10.2 Å². The van der Waals surface area contributed by atoms with Crippen LogP contribution in [0.5, 0.6) is 5.75 Å². The number of primary amides is 1. The average Bonchev–Trinajstić information content (AvgIpc) is 3.63. The Morgan fingerprint density at radius 3 is 2.29 bits per heavy atom. The third-order valence-corrected chi connectivity index (χ3v) is 8.94. The number of fused-ring (bicyclic) bond motifs is 3. The summed E-state index contributed by atoms with van der Waals surface area (Å²) in [5.41, 5.74) is 7.97. The highest BCUT2D eigenvalue weighted by Crippen LogP contribution is 2.54. The first-order valence-corrected chi connectivity index (χ1v) is 13.3. The number of Topliss-reactive ketones (excluding diaryl/α,β-unsaturated/α-hetero) is 2. The van der Waals surface area contributed by atoms with E-state index in [1.165, 1.54) is 4.90 Å². The number of hydrogen-bond donors (Lipinski definition) is 7. The van der Waals surface area contributed by atoms with Crippen molar-refractivity contribution in [2.45, 2.75) is 49.4 Å². The van der Waals surface area contributed by atoms with Crippen LogP contribution in [-0.4, -0.2) is 94.1 Å².